The van der Waals surface area contributed by atoms with E-state index in [4.69, 9.17) is 5.11 Å². The van der Waals surface area contributed by atoms with Gasteiger partial charge in [0.05, 0.1) is 7.11 Å². The Kier molecular flexibility index (Phi) is 2.86. The summed E-state index contributed by atoms with van der Waals surface area (Å²) in [5.41, 5.74) is -0.575. The number of methoxy groups -OCH3 is 1. The van der Waals surface area contributed by atoms with Crippen LogP contribution in [0.15, 0.2) is 4.79 Å². The summed E-state index contributed by atoms with van der Waals surface area (Å²) >= 11 is 1.61. The largest absolute Gasteiger partial charge is 0.492 e. The van der Waals surface area contributed by atoms with Crippen molar-refractivity contribution in [3.63, 3.8) is 0 Å². The van der Waals surface area contributed by atoms with Crippen LogP contribution in [0.3, 0.4) is 0 Å². The van der Waals surface area contributed by atoms with Gasteiger partial charge in [0.25, 0.3) is 5.56 Å². The first-order chi connectivity index (χ1) is 6.06. The number of rotatable bonds is 1. The van der Waals surface area contributed by atoms with Gasteiger partial charge in [0, 0.05) is 0 Å². The molecule has 13 heavy (non-hydrogen) atoms. The van der Waals surface area contributed by atoms with Gasteiger partial charge in [-0.3, -0.25) is 9.78 Å². The molecule has 0 bridgehead atoms. The number of aromatic nitrogens is 2. The smallest absolute Gasteiger partial charge is 0.374 e. The van der Waals surface area contributed by atoms with Gasteiger partial charge in [-0.25, -0.2) is 4.79 Å². The minimum Gasteiger partial charge on any atom is -0.492 e. The van der Waals surface area contributed by atoms with E-state index in [2.05, 4.69) is 14.7 Å². The molecule has 6 nitrogen and oxygen atoms in total. The highest BCUT2D eigenvalue weighted by molar-refractivity contribution is 14.1. The number of carbonyl (C=O) groups excluding carboxylic acids is 1. The van der Waals surface area contributed by atoms with Crippen molar-refractivity contribution in [1.82, 2.24) is 9.97 Å². The second-order valence-corrected chi connectivity index (χ2v) is 3.12. The highest BCUT2D eigenvalue weighted by Crippen LogP contribution is 2.10. The molecular weight excluding hydrogens is 291 g/mol. The van der Waals surface area contributed by atoms with Crippen molar-refractivity contribution in [2.24, 2.45) is 0 Å². The number of aromatic hydroxyl groups is 1. The summed E-state index contributed by atoms with van der Waals surface area (Å²) < 4.78 is 4.33. The van der Waals surface area contributed by atoms with Gasteiger partial charge in [-0.05, 0) is 22.6 Å². The van der Waals surface area contributed by atoms with Crippen LogP contribution < -0.4 is 5.56 Å². The van der Waals surface area contributed by atoms with Gasteiger partial charge in [-0.15, -0.1) is 0 Å². The van der Waals surface area contributed by atoms with Gasteiger partial charge in [0.1, 0.15) is 3.57 Å². The molecule has 0 atom stereocenters. The maximum absolute atomic E-state index is 11.0. The van der Waals surface area contributed by atoms with E-state index in [1.807, 2.05) is 0 Å². The van der Waals surface area contributed by atoms with Crippen LogP contribution in [0.1, 0.15) is 10.6 Å². The fraction of sp³-hybridized carbons (Fsp3) is 0.167. The number of hydrogen-bond donors (Lipinski definition) is 2. The second-order valence-electron chi connectivity index (χ2n) is 2.04. The predicted octanol–water partition coefficient (Wildman–Crippen LogP) is -0.133. The molecule has 0 aliphatic rings. The Hall–Kier alpha value is -1.12. The van der Waals surface area contributed by atoms with E-state index in [1.165, 1.54) is 0 Å². The number of hydrogen-bond acceptors (Lipinski definition) is 5. The second kappa shape index (κ2) is 3.73. The molecule has 0 aromatic carbocycles. The van der Waals surface area contributed by atoms with Crippen LogP contribution in [-0.2, 0) is 4.74 Å². The van der Waals surface area contributed by atoms with E-state index < -0.39 is 17.4 Å². The molecule has 0 amide bonds. The SMILES string of the molecule is COC(=O)c1nc(O)c(I)c(=O)[nH]1. The Labute approximate surface area is 86.1 Å². The third-order valence-electron chi connectivity index (χ3n) is 1.22. The van der Waals surface area contributed by atoms with Crippen molar-refractivity contribution < 1.29 is 14.6 Å². The molecule has 0 spiro atoms. The zero-order valence-corrected chi connectivity index (χ0v) is 8.65. The average Bonchev–Trinajstić information content (AvgIpc) is 2.12. The number of H-pyrrole nitrogens is 1. The van der Waals surface area contributed by atoms with Gasteiger partial charge < -0.3 is 9.84 Å². The highest BCUT2D eigenvalue weighted by atomic mass is 127. The Balaban J connectivity index is 3.29. The van der Waals surface area contributed by atoms with Crippen LogP contribution in [0.4, 0.5) is 0 Å². The van der Waals surface area contributed by atoms with Crippen LogP contribution in [0.5, 0.6) is 5.88 Å². The summed E-state index contributed by atoms with van der Waals surface area (Å²) in [6.07, 6.45) is 0. The zero-order valence-electron chi connectivity index (χ0n) is 6.50. The first-order valence-electron chi connectivity index (χ1n) is 3.13. The quantitative estimate of drug-likeness (QED) is 0.556. The number of aromatic amines is 1. The Morgan fingerprint density at radius 1 is 1.69 bits per heavy atom. The van der Waals surface area contributed by atoms with Crippen molar-refractivity contribution in [3.05, 3.63) is 19.7 Å². The summed E-state index contributed by atoms with van der Waals surface area (Å²) in [4.78, 5) is 27.5. The lowest BCUT2D eigenvalue weighted by atomic mass is 10.5. The van der Waals surface area contributed by atoms with Crippen molar-refractivity contribution in [1.29, 1.82) is 0 Å². The molecule has 0 unspecified atom stereocenters. The van der Waals surface area contributed by atoms with E-state index in [1.54, 1.807) is 22.6 Å². The molecule has 70 valence electrons. The van der Waals surface area contributed by atoms with Gasteiger partial charge in [0.15, 0.2) is 0 Å². The number of ether oxygens (including phenoxy) is 1. The van der Waals surface area contributed by atoms with E-state index in [-0.39, 0.29) is 9.39 Å². The first kappa shape index (κ1) is 9.96. The molecule has 0 fully saturated rings. The zero-order chi connectivity index (χ0) is 10.0. The maximum atomic E-state index is 11.0. The van der Waals surface area contributed by atoms with Gasteiger partial charge in [0.2, 0.25) is 11.7 Å². The van der Waals surface area contributed by atoms with E-state index in [0.29, 0.717) is 0 Å². The molecule has 1 heterocycles. The summed E-state index contributed by atoms with van der Waals surface area (Å²) in [6.45, 7) is 0. The van der Waals surface area contributed by atoms with Crippen LogP contribution >= 0.6 is 22.6 Å². The highest BCUT2D eigenvalue weighted by Gasteiger charge is 2.13. The molecule has 0 radical (unpaired) electrons. The normalized spacial score (nSPS) is 9.69. The topological polar surface area (TPSA) is 92.3 Å². The fourth-order valence-corrected chi connectivity index (χ4v) is 0.896. The molecule has 1 aromatic rings. The van der Waals surface area contributed by atoms with Crippen LogP contribution in [0.25, 0.3) is 0 Å². The van der Waals surface area contributed by atoms with Gasteiger partial charge >= 0.3 is 5.97 Å². The summed E-state index contributed by atoms with van der Waals surface area (Å²) in [7, 11) is 1.15. The minimum atomic E-state index is -0.802. The third-order valence-corrected chi connectivity index (χ3v) is 2.20. The molecule has 0 aliphatic carbocycles. The lowest BCUT2D eigenvalue weighted by molar-refractivity contribution is 0.0585. The lowest BCUT2D eigenvalue weighted by Crippen LogP contribution is -2.18. The number of carbonyl (C=O) groups is 1. The first-order valence-corrected chi connectivity index (χ1v) is 4.21. The molecule has 0 saturated heterocycles. The van der Waals surface area contributed by atoms with E-state index in [9.17, 15) is 9.59 Å². The molecule has 1 rings (SSSR count). The molecule has 0 aliphatic heterocycles. The number of esters is 1. The fourth-order valence-electron chi connectivity index (χ4n) is 0.640. The maximum Gasteiger partial charge on any atom is 0.374 e. The average molecular weight is 296 g/mol. The monoisotopic (exact) mass is 296 g/mol. The Morgan fingerprint density at radius 2 is 2.31 bits per heavy atom. The van der Waals surface area contributed by atoms with E-state index in [0.717, 1.165) is 7.11 Å². The Bertz CT molecular complexity index is 400. The summed E-state index contributed by atoms with van der Waals surface area (Å²) in [5.74, 6) is -1.60. The summed E-state index contributed by atoms with van der Waals surface area (Å²) in [6, 6.07) is 0. The molecule has 0 saturated carbocycles. The summed E-state index contributed by atoms with van der Waals surface area (Å²) in [5, 5.41) is 9.08. The third kappa shape index (κ3) is 1.97. The lowest BCUT2D eigenvalue weighted by Gasteiger charge is -1.99. The number of nitrogens with zero attached hydrogens (tertiary/aromatic N) is 1. The Morgan fingerprint density at radius 3 is 2.77 bits per heavy atom. The van der Waals surface area contributed by atoms with E-state index >= 15 is 0 Å². The standard InChI is InChI=1S/C6H5IN2O4/c1-13-6(12)3-8-4(10)2(7)5(11)9-3/h1H3,(H2,8,9,10,11). The minimum absolute atomic E-state index is 0.0326. The molecular formula is C6H5IN2O4. The molecule has 2 N–H and O–H groups in total. The molecule has 1 aromatic heterocycles. The predicted molar refractivity (Wildman–Crippen MR) is 50.6 cm³/mol. The van der Waals surface area contributed by atoms with Crippen molar-refractivity contribution in [3.8, 4) is 5.88 Å². The van der Waals surface area contributed by atoms with Crippen LogP contribution in [0.2, 0.25) is 0 Å². The van der Waals surface area contributed by atoms with Gasteiger partial charge in [-0.2, -0.15) is 4.98 Å². The number of nitrogens with one attached hydrogen (secondary N) is 1. The van der Waals surface area contributed by atoms with Gasteiger partial charge in [-0.1, -0.05) is 0 Å². The van der Waals surface area contributed by atoms with Crippen LogP contribution in [-0.4, -0.2) is 28.2 Å². The van der Waals surface area contributed by atoms with Crippen molar-refractivity contribution in [2.75, 3.05) is 7.11 Å². The van der Waals surface area contributed by atoms with Crippen molar-refractivity contribution in [2.45, 2.75) is 0 Å². The number of halogens is 1. The van der Waals surface area contributed by atoms with Crippen molar-refractivity contribution >= 4 is 28.6 Å². The van der Waals surface area contributed by atoms with Crippen LogP contribution in [0, 0.1) is 3.57 Å². The molecule has 7 heteroatoms.